The topological polar surface area (TPSA) is 6.48 Å². The van der Waals surface area contributed by atoms with Crippen molar-refractivity contribution >= 4 is 18.9 Å². The summed E-state index contributed by atoms with van der Waals surface area (Å²) in [7, 11) is 0. The van der Waals surface area contributed by atoms with Crippen LogP contribution in [0.25, 0.3) is 0 Å². The summed E-state index contributed by atoms with van der Waals surface area (Å²) in [4.78, 5) is 5.14. The van der Waals surface area contributed by atoms with Crippen molar-refractivity contribution in [2.45, 2.75) is 95.9 Å². The maximum absolute atomic E-state index is 2.84. The molecule has 0 bridgehead atoms. The molecule has 0 heterocycles. The van der Waals surface area contributed by atoms with Crippen LogP contribution in [0.1, 0.15) is 62.3 Å². The van der Waals surface area contributed by atoms with Crippen LogP contribution in [0, 0.1) is 0 Å². The molecule has 0 aromatic rings. The van der Waals surface area contributed by atoms with Gasteiger partial charge in [0.15, 0.2) is 0 Å². The van der Waals surface area contributed by atoms with E-state index in [9.17, 15) is 0 Å². The first-order chi connectivity index (χ1) is 7.83. The molecule has 0 atom stereocenters. The van der Waals surface area contributed by atoms with E-state index in [1.54, 1.807) is 0 Å². The molecule has 0 radical (unpaired) electrons. The molecule has 0 aromatic heterocycles. The quantitative estimate of drug-likeness (QED) is 0.672. The van der Waals surface area contributed by atoms with E-state index >= 15 is 0 Å². The molecule has 0 unspecified atom stereocenters. The number of nitrogens with zero attached hydrogens (tertiary/aromatic N) is 2. The summed E-state index contributed by atoms with van der Waals surface area (Å²) in [5.74, 6) is 0. The van der Waals surface area contributed by atoms with Crippen LogP contribution in [0.3, 0.4) is 0 Å². The van der Waals surface area contributed by atoms with Crippen LogP contribution in [0.4, 0.5) is 0 Å². The molecule has 0 aliphatic carbocycles. The fraction of sp³-hybridized carbons (Fsp3) is 1.00. The van der Waals surface area contributed by atoms with Gasteiger partial charge in [0.25, 0.3) is 0 Å². The Morgan fingerprint density at radius 3 is 1.22 bits per heavy atom. The van der Waals surface area contributed by atoms with Crippen LogP contribution >= 0.6 is 0 Å². The second-order valence-electron chi connectivity index (χ2n) is 7.72. The minimum atomic E-state index is -2.48. The molecule has 0 N–H and O–H groups in total. The average molecular weight is 363 g/mol. The van der Waals surface area contributed by atoms with Crippen LogP contribution in [-0.2, 0) is 0 Å². The van der Waals surface area contributed by atoms with Gasteiger partial charge in [-0.1, -0.05) is 0 Å². The third kappa shape index (κ3) is 4.38. The Kier molecular flexibility index (Phi) is 6.70. The monoisotopic (exact) mass is 364 g/mol. The molecule has 0 aliphatic heterocycles. The zero-order valence-corrected chi connectivity index (χ0v) is 17.5. The summed E-state index contributed by atoms with van der Waals surface area (Å²) in [5, 5.41) is 0. The zero-order valence-electron chi connectivity index (χ0n) is 14.6. The summed E-state index contributed by atoms with van der Waals surface area (Å²) >= 11 is -2.48. The van der Waals surface area contributed by atoms with Crippen molar-refractivity contribution in [2.24, 2.45) is 0 Å². The second-order valence-corrected chi connectivity index (χ2v) is 19.1. The van der Waals surface area contributed by atoms with Crippen molar-refractivity contribution in [3.8, 4) is 0 Å². The fourth-order valence-electron chi connectivity index (χ4n) is 4.21. The van der Waals surface area contributed by atoms with Gasteiger partial charge in [0, 0.05) is 0 Å². The van der Waals surface area contributed by atoms with Crippen molar-refractivity contribution in [3.05, 3.63) is 0 Å². The maximum atomic E-state index is 2.84. The van der Waals surface area contributed by atoms with E-state index in [-0.39, 0.29) is 5.54 Å². The van der Waals surface area contributed by atoms with Gasteiger partial charge < -0.3 is 0 Å². The molecule has 2 nitrogen and oxygen atoms in total. The van der Waals surface area contributed by atoms with E-state index in [1.165, 1.54) is 0 Å². The van der Waals surface area contributed by atoms with Crippen molar-refractivity contribution < 1.29 is 0 Å². The molecule has 18 heavy (non-hydrogen) atoms. The summed E-state index contributed by atoms with van der Waals surface area (Å²) in [5.41, 5.74) is 0.260. The molecule has 0 aromatic carbocycles. The Bertz CT molecular complexity index is 244. The Labute approximate surface area is 121 Å². The van der Waals surface area contributed by atoms with Crippen LogP contribution < -0.4 is 0 Å². The second kappa shape index (κ2) is 6.45. The average Bonchev–Trinajstić information content (AvgIpc) is 1.93. The normalized spacial score (nSPS) is 14.7. The summed E-state index contributed by atoms with van der Waals surface area (Å²) < 4.78 is 5.65. The minimum absolute atomic E-state index is 0.260. The van der Waals surface area contributed by atoms with Crippen molar-refractivity contribution in [3.63, 3.8) is 0 Å². The van der Waals surface area contributed by atoms with Crippen LogP contribution in [0.15, 0.2) is 0 Å². The molecule has 110 valence electrons. The predicted molar refractivity (Wildman–Crippen MR) is 86.3 cm³/mol. The molecule has 0 saturated heterocycles. The van der Waals surface area contributed by atoms with E-state index in [0.717, 1.165) is 0 Å². The number of rotatable bonds is 5. The first-order valence-electron chi connectivity index (χ1n) is 7.41. The van der Waals surface area contributed by atoms with Gasteiger partial charge in [-0.3, -0.25) is 0 Å². The Morgan fingerprint density at radius 1 is 0.722 bits per heavy atom. The predicted octanol–water partition coefficient (Wildman–Crippen LogP) is 4.32. The Balaban J connectivity index is 5.53. The Morgan fingerprint density at radius 2 is 1.06 bits per heavy atom. The fourth-order valence-corrected chi connectivity index (χ4v) is 20.4. The molecule has 0 amide bonds. The van der Waals surface area contributed by atoms with E-state index in [2.05, 4.69) is 78.4 Å². The summed E-state index contributed by atoms with van der Waals surface area (Å²) in [6, 6.07) is 1.90. The molecule has 0 spiro atoms. The third-order valence-corrected chi connectivity index (χ3v) is 16.9. The van der Waals surface area contributed by atoms with Gasteiger partial charge in [0.05, 0.1) is 0 Å². The molecule has 0 fully saturated rings. The number of hydrogen-bond donors (Lipinski definition) is 0. The standard InChI is InChI=1S/C7H16N.C6H14N.2CH3.Sn/c1-6(2)8-7(3,4)5;1-5(2)7-6(3)4;;;/h6H,1-5H3;5-6H,1-4H3;2*1H3;/q2*-1;;;+2. The van der Waals surface area contributed by atoms with Crippen molar-refractivity contribution in [2.75, 3.05) is 0 Å². The van der Waals surface area contributed by atoms with Gasteiger partial charge >= 0.3 is 121 Å². The van der Waals surface area contributed by atoms with Gasteiger partial charge in [-0.05, 0) is 0 Å². The van der Waals surface area contributed by atoms with Crippen molar-refractivity contribution in [1.82, 2.24) is 6.24 Å². The van der Waals surface area contributed by atoms with Gasteiger partial charge in [0.1, 0.15) is 0 Å². The summed E-state index contributed by atoms with van der Waals surface area (Å²) in [6.45, 7) is 21.2. The van der Waals surface area contributed by atoms with E-state index in [0.29, 0.717) is 18.1 Å². The van der Waals surface area contributed by atoms with Gasteiger partial charge in [-0.25, -0.2) is 0 Å². The SMILES string of the molecule is CC(C)[N](C(C)C)[Sn]([CH3])([CH3])[N](C(C)C)C(C)(C)C. The van der Waals surface area contributed by atoms with E-state index < -0.39 is 18.9 Å². The van der Waals surface area contributed by atoms with E-state index in [1.807, 2.05) is 0 Å². The Hall–Kier alpha value is 0.719. The van der Waals surface area contributed by atoms with Gasteiger partial charge in [-0.2, -0.15) is 0 Å². The molecule has 0 saturated carbocycles. The van der Waals surface area contributed by atoms with Crippen molar-refractivity contribution in [1.29, 1.82) is 0 Å². The molecule has 0 rings (SSSR count). The number of hydrogen-bond acceptors (Lipinski definition) is 2. The summed E-state index contributed by atoms with van der Waals surface area (Å²) in [6.07, 6.45) is 0. The van der Waals surface area contributed by atoms with Crippen LogP contribution in [0.2, 0.25) is 9.88 Å². The third-order valence-electron chi connectivity index (χ3n) is 3.57. The molecular weight excluding hydrogens is 327 g/mol. The van der Waals surface area contributed by atoms with Crippen LogP contribution in [0.5, 0.6) is 0 Å². The zero-order chi connectivity index (χ0) is 14.9. The first-order valence-corrected chi connectivity index (χ1v) is 15.7. The molecular formula is C15H36N2Sn. The molecule has 0 aliphatic rings. The van der Waals surface area contributed by atoms with Crippen LogP contribution in [-0.4, -0.2) is 48.8 Å². The van der Waals surface area contributed by atoms with Gasteiger partial charge in [0.2, 0.25) is 0 Å². The molecule has 3 heteroatoms. The van der Waals surface area contributed by atoms with E-state index in [4.69, 9.17) is 0 Å². The first kappa shape index (κ1) is 18.7. The van der Waals surface area contributed by atoms with Gasteiger partial charge in [-0.15, -0.1) is 0 Å².